The normalized spacial score (nSPS) is 14.3. The molecule has 1 aromatic carbocycles. The van der Waals surface area contributed by atoms with Crippen molar-refractivity contribution in [2.45, 2.75) is 39.3 Å². The molecule has 0 radical (unpaired) electrons. The van der Waals surface area contributed by atoms with Crippen LogP contribution in [0.15, 0.2) is 30.5 Å². The van der Waals surface area contributed by atoms with E-state index in [1.54, 1.807) is 23.5 Å². The van der Waals surface area contributed by atoms with Crippen LogP contribution in [0.4, 0.5) is 4.39 Å². The molecule has 2 nitrogen and oxygen atoms in total. The first-order valence-electron chi connectivity index (χ1n) is 6.56. The van der Waals surface area contributed by atoms with E-state index in [0.29, 0.717) is 0 Å². The van der Waals surface area contributed by atoms with Crippen LogP contribution in [0.2, 0.25) is 0 Å². The molecule has 1 N–H and O–H groups in total. The lowest BCUT2D eigenvalue weighted by atomic mass is 10.1. The van der Waals surface area contributed by atoms with E-state index in [1.165, 1.54) is 10.9 Å². The first kappa shape index (κ1) is 14.2. The van der Waals surface area contributed by atoms with E-state index >= 15 is 0 Å². The second-order valence-corrected chi connectivity index (χ2v) is 5.83. The van der Waals surface area contributed by atoms with Gasteiger partial charge in [0.2, 0.25) is 0 Å². The lowest BCUT2D eigenvalue weighted by molar-refractivity contribution is 0.490. The van der Waals surface area contributed by atoms with Gasteiger partial charge in [-0.2, -0.15) is 0 Å². The topological polar surface area (TPSA) is 24.9 Å². The lowest BCUT2D eigenvalue weighted by Gasteiger charge is -2.18. The minimum atomic E-state index is -0.193. The Morgan fingerprint density at radius 3 is 2.74 bits per heavy atom. The molecular formula is C15H19FN2S. The molecular weight excluding hydrogens is 259 g/mol. The van der Waals surface area contributed by atoms with Crippen molar-refractivity contribution in [1.29, 1.82) is 0 Å². The SMILES string of the molecule is CCc1cnc(C(C)NC(C)c2cccc(F)c2)s1. The minimum absolute atomic E-state index is 0.0969. The molecule has 0 amide bonds. The van der Waals surface area contributed by atoms with Gasteiger partial charge in [-0.05, 0) is 38.0 Å². The summed E-state index contributed by atoms with van der Waals surface area (Å²) in [5, 5.41) is 4.54. The van der Waals surface area contributed by atoms with Gasteiger partial charge in [0.1, 0.15) is 10.8 Å². The van der Waals surface area contributed by atoms with E-state index in [-0.39, 0.29) is 17.9 Å². The molecule has 0 saturated carbocycles. The summed E-state index contributed by atoms with van der Waals surface area (Å²) in [5.41, 5.74) is 0.958. The third-order valence-corrected chi connectivity index (χ3v) is 4.46. The average Bonchev–Trinajstić information content (AvgIpc) is 2.87. The Kier molecular flexibility index (Phi) is 4.66. The van der Waals surface area contributed by atoms with Crippen LogP contribution in [0, 0.1) is 5.82 Å². The smallest absolute Gasteiger partial charge is 0.123 e. The molecule has 0 aliphatic heterocycles. The van der Waals surface area contributed by atoms with Crippen LogP contribution in [0.1, 0.15) is 48.3 Å². The van der Waals surface area contributed by atoms with Gasteiger partial charge >= 0.3 is 0 Å². The summed E-state index contributed by atoms with van der Waals surface area (Å²) in [7, 11) is 0. The first-order valence-corrected chi connectivity index (χ1v) is 7.38. The van der Waals surface area contributed by atoms with Crippen LogP contribution in [0.5, 0.6) is 0 Å². The average molecular weight is 278 g/mol. The summed E-state index contributed by atoms with van der Waals surface area (Å²) in [4.78, 5) is 5.73. The number of aromatic nitrogens is 1. The highest BCUT2D eigenvalue weighted by Crippen LogP contribution is 2.23. The standard InChI is InChI=1S/C15H19FN2S/c1-4-14-9-17-15(19-14)11(3)18-10(2)12-6-5-7-13(16)8-12/h5-11,18H,4H2,1-3H3. The van der Waals surface area contributed by atoms with E-state index in [4.69, 9.17) is 0 Å². The number of benzene rings is 1. The predicted molar refractivity (Wildman–Crippen MR) is 77.9 cm³/mol. The highest BCUT2D eigenvalue weighted by molar-refractivity contribution is 7.11. The van der Waals surface area contributed by atoms with Gasteiger partial charge in [-0.3, -0.25) is 0 Å². The molecule has 2 unspecified atom stereocenters. The fraction of sp³-hybridized carbons (Fsp3) is 0.400. The van der Waals surface area contributed by atoms with Crippen molar-refractivity contribution in [3.63, 3.8) is 0 Å². The van der Waals surface area contributed by atoms with Crippen molar-refractivity contribution in [3.05, 3.63) is 51.7 Å². The van der Waals surface area contributed by atoms with Gasteiger partial charge in [0, 0.05) is 17.1 Å². The van der Waals surface area contributed by atoms with Crippen molar-refractivity contribution in [2.75, 3.05) is 0 Å². The Hall–Kier alpha value is -1.26. The quantitative estimate of drug-likeness (QED) is 0.884. The third-order valence-electron chi connectivity index (χ3n) is 3.14. The molecule has 0 aliphatic carbocycles. The zero-order chi connectivity index (χ0) is 13.8. The molecule has 0 bridgehead atoms. The maximum absolute atomic E-state index is 13.2. The Balaban J connectivity index is 2.03. The fourth-order valence-corrected chi connectivity index (χ4v) is 2.87. The second kappa shape index (κ2) is 6.26. The Morgan fingerprint density at radius 2 is 2.11 bits per heavy atom. The zero-order valence-electron chi connectivity index (χ0n) is 11.5. The second-order valence-electron chi connectivity index (χ2n) is 4.68. The summed E-state index contributed by atoms with van der Waals surface area (Å²) in [6.07, 6.45) is 2.95. The molecule has 0 fully saturated rings. The summed E-state index contributed by atoms with van der Waals surface area (Å²) in [6, 6.07) is 6.99. The monoisotopic (exact) mass is 278 g/mol. The van der Waals surface area contributed by atoms with Gasteiger partial charge in [0.15, 0.2) is 0 Å². The number of nitrogens with one attached hydrogen (secondary N) is 1. The molecule has 1 aromatic heterocycles. The van der Waals surface area contributed by atoms with E-state index in [0.717, 1.165) is 17.0 Å². The Labute approximate surface area is 117 Å². The zero-order valence-corrected chi connectivity index (χ0v) is 12.3. The molecule has 2 rings (SSSR count). The largest absolute Gasteiger partial charge is 0.302 e. The molecule has 2 aromatic rings. The predicted octanol–water partition coefficient (Wildman–Crippen LogP) is 4.26. The number of halogens is 1. The molecule has 2 atom stereocenters. The van der Waals surface area contributed by atoms with Gasteiger partial charge < -0.3 is 5.32 Å². The highest BCUT2D eigenvalue weighted by Gasteiger charge is 2.14. The van der Waals surface area contributed by atoms with Crippen molar-refractivity contribution in [2.24, 2.45) is 0 Å². The fourth-order valence-electron chi connectivity index (χ4n) is 2.00. The Morgan fingerprint density at radius 1 is 1.32 bits per heavy atom. The molecule has 0 saturated heterocycles. The van der Waals surface area contributed by atoms with E-state index in [2.05, 4.69) is 24.1 Å². The van der Waals surface area contributed by atoms with Gasteiger partial charge in [0.25, 0.3) is 0 Å². The van der Waals surface area contributed by atoms with E-state index in [1.807, 2.05) is 19.2 Å². The van der Waals surface area contributed by atoms with Crippen molar-refractivity contribution in [1.82, 2.24) is 10.3 Å². The number of nitrogens with zero attached hydrogens (tertiary/aromatic N) is 1. The van der Waals surface area contributed by atoms with Gasteiger partial charge in [-0.25, -0.2) is 9.37 Å². The van der Waals surface area contributed by atoms with Crippen molar-refractivity contribution < 1.29 is 4.39 Å². The molecule has 0 spiro atoms. The number of thiazole rings is 1. The number of aryl methyl sites for hydroxylation is 1. The highest BCUT2D eigenvalue weighted by atomic mass is 32.1. The molecule has 4 heteroatoms. The molecule has 19 heavy (non-hydrogen) atoms. The number of hydrogen-bond donors (Lipinski definition) is 1. The molecule has 102 valence electrons. The lowest BCUT2D eigenvalue weighted by Crippen LogP contribution is -2.22. The van der Waals surface area contributed by atoms with Crippen molar-refractivity contribution >= 4 is 11.3 Å². The maximum atomic E-state index is 13.2. The minimum Gasteiger partial charge on any atom is -0.302 e. The molecule has 1 heterocycles. The van der Waals surface area contributed by atoms with Gasteiger partial charge in [-0.15, -0.1) is 11.3 Å². The van der Waals surface area contributed by atoms with Crippen LogP contribution in [-0.4, -0.2) is 4.98 Å². The van der Waals surface area contributed by atoms with Crippen LogP contribution in [0.3, 0.4) is 0 Å². The molecule has 0 aliphatic rings. The number of hydrogen-bond acceptors (Lipinski definition) is 3. The summed E-state index contributed by atoms with van der Waals surface area (Å²) < 4.78 is 13.2. The summed E-state index contributed by atoms with van der Waals surface area (Å²) >= 11 is 1.73. The number of rotatable bonds is 5. The van der Waals surface area contributed by atoms with E-state index in [9.17, 15) is 4.39 Å². The van der Waals surface area contributed by atoms with Crippen LogP contribution >= 0.6 is 11.3 Å². The first-order chi connectivity index (χ1) is 9.10. The van der Waals surface area contributed by atoms with Gasteiger partial charge in [0.05, 0.1) is 6.04 Å². The summed E-state index contributed by atoms with van der Waals surface area (Å²) in [5.74, 6) is -0.193. The van der Waals surface area contributed by atoms with E-state index < -0.39 is 0 Å². The Bertz CT molecular complexity index is 538. The summed E-state index contributed by atoms with van der Waals surface area (Å²) in [6.45, 7) is 6.26. The third kappa shape index (κ3) is 3.61. The van der Waals surface area contributed by atoms with Crippen LogP contribution < -0.4 is 5.32 Å². The van der Waals surface area contributed by atoms with Crippen LogP contribution in [-0.2, 0) is 6.42 Å². The van der Waals surface area contributed by atoms with Gasteiger partial charge in [-0.1, -0.05) is 19.1 Å². The maximum Gasteiger partial charge on any atom is 0.123 e. The van der Waals surface area contributed by atoms with Crippen molar-refractivity contribution in [3.8, 4) is 0 Å². The van der Waals surface area contributed by atoms with Crippen LogP contribution in [0.25, 0.3) is 0 Å².